The molecule has 0 aliphatic heterocycles. The average Bonchev–Trinajstić information content (AvgIpc) is 2.74. The fourth-order valence-electron chi connectivity index (χ4n) is 1.97. The molecule has 1 aromatic carbocycles. The zero-order chi connectivity index (χ0) is 13.7. The van der Waals surface area contributed by atoms with Crippen molar-refractivity contribution in [2.24, 2.45) is 0 Å². The molecule has 0 saturated carbocycles. The number of hydrogen-bond donors (Lipinski definition) is 2. The largest absolute Gasteiger partial charge is 0.494 e. The molecule has 0 atom stereocenters. The molecule has 0 fully saturated rings. The molecule has 0 amide bonds. The van der Waals surface area contributed by atoms with Crippen LogP contribution in [-0.2, 0) is 6.54 Å². The van der Waals surface area contributed by atoms with Crippen molar-refractivity contribution in [1.29, 1.82) is 0 Å². The minimum Gasteiger partial charge on any atom is -0.494 e. The monoisotopic (exact) mass is 259 g/mol. The minimum atomic E-state index is 0.761. The standard InChI is InChI=1S/C15H21N3O/c1-4-8-19-14-7-5-6-13(9-14)10-16-15-11(2)17-18-12(15)3/h5-7,9,16H,4,8,10H2,1-3H3,(H,17,18). The molecule has 0 aliphatic carbocycles. The molecule has 2 aromatic rings. The molecule has 2 rings (SSSR count). The van der Waals surface area contributed by atoms with Gasteiger partial charge < -0.3 is 10.1 Å². The first-order chi connectivity index (χ1) is 9.20. The molecule has 0 spiro atoms. The lowest BCUT2D eigenvalue weighted by molar-refractivity contribution is 0.317. The lowest BCUT2D eigenvalue weighted by atomic mass is 10.2. The number of aromatic nitrogens is 2. The van der Waals surface area contributed by atoms with Gasteiger partial charge in [-0.3, -0.25) is 5.10 Å². The Hall–Kier alpha value is -1.97. The number of H-pyrrole nitrogens is 1. The van der Waals surface area contributed by atoms with Gasteiger partial charge >= 0.3 is 0 Å². The predicted octanol–water partition coefficient (Wildman–Crippen LogP) is 3.43. The number of aryl methyl sites for hydroxylation is 2. The lowest BCUT2D eigenvalue weighted by Crippen LogP contribution is -2.02. The van der Waals surface area contributed by atoms with Gasteiger partial charge in [0.25, 0.3) is 0 Å². The van der Waals surface area contributed by atoms with Crippen LogP contribution in [0.2, 0.25) is 0 Å². The zero-order valence-electron chi connectivity index (χ0n) is 11.8. The Morgan fingerprint density at radius 3 is 2.84 bits per heavy atom. The highest BCUT2D eigenvalue weighted by atomic mass is 16.5. The van der Waals surface area contributed by atoms with Crippen molar-refractivity contribution in [3.05, 3.63) is 41.2 Å². The Morgan fingerprint density at radius 2 is 2.16 bits per heavy atom. The van der Waals surface area contributed by atoms with Crippen molar-refractivity contribution < 1.29 is 4.74 Å². The van der Waals surface area contributed by atoms with Crippen LogP contribution in [0.4, 0.5) is 5.69 Å². The third kappa shape index (κ3) is 3.50. The van der Waals surface area contributed by atoms with Gasteiger partial charge in [0.2, 0.25) is 0 Å². The van der Waals surface area contributed by atoms with E-state index in [-0.39, 0.29) is 0 Å². The van der Waals surface area contributed by atoms with Crippen LogP contribution >= 0.6 is 0 Å². The van der Waals surface area contributed by atoms with Gasteiger partial charge in [0, 0.05) is 6.54 Å². The second-order valence-corrected chi connectivity index (χ2v) is 4.66. The van der Waals surface area contributed by atoms with Crippen molar-refractivity contribution in [3.63, 3.8) is 0 Å². The molecule has 0 saturated heterocycles. The lowest BCUT2D eigenvalue weighted by Gasteiger charge is -2.09. The summed E-state index contributed by atoms with van der Waals surface area (Å²) in [6, 6.07) is 8.19. The quantitative estimate of drug-likeness (QED) is 0.835. The Bertz CT molecular complexity index is 514. The first-order valence-electron chi connectivity index (χ1n) is 6.68. The van der Waals surface area contributed by atoms with Gasteiger partial charge in [0.05, 0.1) is 23.7 Å². The third-order valence-electron chi connectivity index (χ3n) is 2.97. The van der Waals surface area contributed by atoms with Gasteiger partial charge in [-0.05, 0) is 38.0 Å². The smallest absolute Gasteiger partial charge is 0.119 e. The molecule has 4 heteroatoms. The van der Waals surface area contributed by atoms with Crippen molar-refractivity contribution in [2.45, 2.75) is 33.7 Å². The molecular weight excluding hydrogens is 238 g/mol. The van der Waals surface area contributed by atoms with Crippen LogP contribution in [0.3, 0.4) is 0 Å². The second kappa shape index (κ2) is 6.27. The van der Waals surface area contributed by atoms with E-state index in [1.807, 2.05) is 26.0 Å². The van der Waals surface area contributed by atoms with Crippen LogP contribution in [0.25, 0.3) is 0 Å². The number of rotatable bonds is 6. The zero-order valence-corrected chi connectivity index (χ0v) is 11.8. The highest BCUT2D eigenvalue weighted by Gasteiger charge is 2.05. The summed E-state index contributed by atoms with van der Waals surface area (Å²) in [5.41, 5.74) is 4.35. The van der Waals surface area contributed by atoms with Crippen molar-refractivity contribution >= 4 is 5.69 Å². The van der Waals surface area contributed by atoms with E-state index in [2.05, 4.69) is 34.6 Å². The van der Waals surface area contributed by atoms with Crippen LogP contribution in [0.5, 0.6) is 5.75 Å². The van der Waals surface area contributed by atoms with Crippen LogP contribution in [0.15, 0.2) is 24.3 Å². The van der Waals surface area contributed by atoms with Crippen molar-refractivity contribution in [2.75, 3.05) is 11.9 Å². The maximum atomic E-state index is 5.63. The van der Waals surface area contributed by atoms with Crippen molar-refractivity contribution in [3.8, 4) is 5.75 Å². The Morgan fingerprint density at radius 1 is 1.32 bits per heavy atom. The fourth-order valence-corrected chi connectivity index (χ4v) is 1.97. The predicted molar refractivity (Wildman–Crippen MR) is 77.6 cm³/mol. The van der Waals surface area contributed by atoms with Crippen molar-refractivity contribution in [1.82, 2.24) is 10.2 Å². The van der Waals surface area contributed by atoms with E-state index in [0.29, 0.717) is 0 Å². The van der Waals surface area contributed by atoms with Gasteiger partial charge in [0.1, 0.15) is 5.75 Å². The SMILES string of the molecule is CCCOc1cccc(CNc2c(C)n[nH]c2C)c1. The normalized spacial score (nSPS) is 10.5. The van der Waals surface area contributed by atoms with Crippen LogP contribution in [-0.4, -0.2) is 16.8 Å². The molecule has 0 bridgehead atoms. The van der Waals surface area contributed by atoms with E-state index in [4.69, 9.17) is 4.74 Å². The van der Waals surface area contributed by atoms with Crippen LogP contribution in [0.1, 0.15) is 30.3 Å². The number of hydrogen-bond acceptors (Lipinski definition) is 3. The molecule has 0 aliphatic rings. The molecule has 2 N–H and O–H groups in total. The molecule has 1 aromatic heterocycles. The van der Waals surface area contributed by atoms with Crippen LogP contribution in [0, 0.1) is 13.8 Å². The summed E-state index contributed by atoms with van der Waals surface area (Å²) in [6.45, 7) is 7.65. The number of nitrogens with zero attached hydrogens (tertiary/aromatic N) is 1. The number of nitrogens with one attached hydrogen (secondary N) is 2. The summed E-state index contributed by atoms with van der Waals surface area (Å²) in [4.78, 5) is 0. The van der Waals surface area contributed by atoms with Gasteiger partial charge in [-0.2, -0.15) is 5.10 Å². The summed E-state index contributed by atoms with van der Waals surface area (Å²) in [5, 5.41) is 10.6. The minimum absolute atomic E-state index is 0.761. The van der Waals surface area contributed by atoms with Crippen LogP contribution < -0.4 is 10.1 Å². The summed E-state index contributed by atoms with van der Waals surface area (Å²) >= 11 is 0. The van der Waals surface area contributed by atoms with E-state index in [0.717, 1.165) is 42.4 Å². The Kier molecular flexibility index (Phi) is 4.44. The molecule has 0 unspecified atom stereocenters. The topological polar surface area (TPSA) is 49.9 Å². The summed E-state index contributed by atoms with van der Waals surface area (Å²) in [5.74, 6) is 0.932. The highest BCUT2D eigenvalue weighted by molar-refractivity contribution is 5.51. The first kappa shape index (κ1) is 13.5. The number of ether oxygens (including phenoxy) is 1. The van der Waals surface area contributed by atoms with Gasteiger partial charge in [0.15, 0.2) is 0 Å². The number of aromatic amines is 1. The molecule has 19 heavy (non-hydrogen) atoms. The average molecular weight is 259 g/mol. The van der Waals surface area contributed by atoms with E-state index in [9.17, 15) is 0 Å². The number of benzene rings is 1. The molecule has 1 heterocycles. The maximum absolute atomic E-state index is 5.63. The molecule has 0 radical (unpaired) electrons. The van der Waals surface area contributed by atoms with Gasteiger partial charge in [-0.1, -0.05) is 19.1 Å². The molecule has 102 valence electrons. The number of anilines is 1. The Labute approximate surface area is 114 Å². The molecular formula is C15H21N3O. The third-order valence-corrected chi connectivity index (χ3v) is 2.97. The molecule has 4 nitrogen and oxygen atoms in total. The van der Waals surface area contributed by atoms with E-state index < -0.39 is 0 Å². The summed E-state index contributed by atoms with van der Waals surface area (Å²) < 4.78 is 5.63. The fraction of sp³-hybridized carbons (Fsp3) is 0.400. The Balaban J connectivity index is 1.99. The van der Waals surface area contributed by atoms with Gasteiger partial charge in [-0.15, -0.1) is 0 Å². The highest BCUT2D eigenvalue weighted by Crippen LogP contribution is 2.19. The second-order valence-electron chi connectivity index (χ2n) is 4.66. The maximum Gasteiger partial charge on any atom is 0.119 e. The summed E-state index contributed by atoms with van der Waals surface area (Å²) in [7, 11) is 0. The summed E-state index contributed by atoms with van der Waals surface area (Å²) in [6.07, 6.45) is 1.02. The van der Waals surface area contributed by atoms with E-state index >= 15 is 0 Å². The first-order valence-corrected chi connectivity index (χ1v) is 6.68. The van der Waals surface area contributed by atoms with Gasteiger partial charge in [-0.25, -0.2) is 0 Å². The van der Waals surface area contributed by atoms with E-state index in [1.165, 1.54) is 5.56 Å². The van der Waals surface area contributed by atoms with E-state index in [1.54, 1.807) is 0 Å².